The minimum atomic E-state index is -0.0818. The third-order valence-corrected chi connectivity index (χ3v) is 1.58. The number of rotatable bonds is 4. The van der Waals surface area contributed by atoms with E-state index in [2.05, 4.69) is 0 Å². The molecule has 0 spiro atoms. The van der Waals surface area contributed by atoms with Crippen LogP contribution in [0.2, 0.25) is 0 Å². The summed E-state index contributed by atoms with van der Waals surface area (Å²) in [5.41, 5.74) is 0. The maximum Gasteiger partial charge on any atom is 0.158 e. The highest BCUT2D eigenvalue weighted by Gasteiger charge is 2.05. The van der Waals surface area contributed by atoms with Crippen LogP contribution in [0, 0.1) is 5.92 Å². The van der Waals surface area contributed by atoms with Crippen molar-refractivity contribution in [3.8, 4) is 0 Å². The summed E-state index contributed by atoms with van der Waals surface area (Å²) in [7, 11) is 0. The normalized spacial score (nSPS) is 13.4. The molecule has 1 unspecified atom stereocenters. The molecule has 0 aliphatic rings. The van der Waals surface area contributed by atoms with Crippen LogP contribution in [0.4, 0.5) is 0 Å². The minimum absolute atomic E-state index is 0.0303. The third-order valence-electron chi connectivity index (χ3n) is 1.58. The van der Waals surface area contributed by atoms with Crippen molar-refractivity contribution in [3.05, 3.63) is 12.2 Å². The van der Waals surface area contributed by atoms with Gasteiger partial charge in [0.2, 0.25) is 0 Å². The Labute approximate surface area is 67.3 Å². The first-order valence-electron chi connectivity index (χ1n) is 3.80. The first kappa shape index (κ1) is 10.1. The van der Waals surface area contributed by atoms with Crippen molar-refractivity contribution in [2.45, 2.75) is 27.2 Å². The van der Waals surface area contributed by atoms with Crippen LogP contribution in [0.5, 0.6) is 0 Å². The summed E-state index contributed by atoms with van der Waals surface area (Å²) < 4.78 is 0. The first-order valence-corrected chi connectivity index (χ1v) is 3.80. The Morgan fingerprint density at radius 2 is 1.91 bits per heavy atom. The molecular formula is C9H14O2. The second-order valence-corrected chi connectivity index (χ2v) is 2.66. The van der Waals surface area contributed by atoms with Gasteiger partial charge < -0.3 is 0 Å². The minimum Gasteiger partial charge on any atom is -0.295 e. The summed E-state index contributed by atoms with van der Waals surface area (Å²) in [6.45, 7) is 5.23. The van der Waals surface area contributed by atoms with E-state index in [9.17, 15) is 9.59 Å². The maximum absolute atomic E-state index is 11.0. The molecule has 0 aromatic rings. The van der Waals surface area contributed by atoms with Gasteiger partial charge in [0.15, 0.2) is 11.6 Å². The van der Waals surface area contributed by atoms with E-state index >= 15 is 0 Å². The number of carbonyl (C=O) groups excluding carboxylic acids is 2. The molecule has 0 radical (unpaired) electrons. The molecule has 0 amide bonds. The van der Waals surface area contributed by atoms with E-state index in [4.69, 9.17) is 0 Å². The Morgan fingerprint density at radius 1 is 1.36 bits per heavy atom. The predicted molar refractivity (Wildman–Crippen MR) is 44.3 cm³/mol. The van der Waals surface area contributed by atoms with Crippen molar-refractivity contribution < 1.29 is 9.59 Å². The van der Waals surface area contributed by atoms with Crippen LogP contribution in [-0.4, -0.2) is 11.6 Å². The highest BCUT2D eigenvalue weighted by Crippen LogP contribution is 2.02. The Bertz CT molecular complexity index is 180. The molecule has 0 rings (SSSR count). The zero-order chi connectivity index (χ0) is 8.85. The molecule has 1 atom stereocenters. The summed E-state index contributed by atoms with van der Waals surface area (Å²) in [5.74, 6) is -0.0186. The topological polar surface area (TPSA) is 34.1 Å². The van der Waals surface area contributed by atoms with Crippen LogP contribution in [-0.2, 0) is 9.59 Å². The molecule has 0 aliphatic heterocycles. The second kappa shape index (κ2) is 4.83. The average molecular weight is 154 g/mol. The van der Waals surface area contributed by atoms with Gasteiger partial charge in [-0.15, -0.1) is 0 Å². The molecule has 0 heterocycles. The highest BCUT2D eigenvalue weighted by atomic mass is 16.1. The zero-order valence-electron chi connectivity index (χ0n) is 7.26. The first-order chi connectivity index (χ1) is 5.07. The van der Waals surface area contributed by atoms with Gasteiger partial charge in [0, 0.05) is 5.92 Å². The molecule has 2 heteroatoms. The average Bonchev–Trinajstić information content (AvgIpc) is 1.98. The lowest BCUT2D eigenvalue weighted by molar-refractivity contribution is -0.118. The quantitative estimate of drug-likeness (QED) is 0.578. The van der Waals surface area contributed by atoms with Crippen LogP contribution in [0.3, 0.4) is 0 Å². The smallest absolute Gasteiger partial charge is 0.158 e. The Balaban J connectivity index is 3.96. The van der Waals surface area contributed by atoms with Gasteiger partial charge in [-0.2, -0.15) is 0 Å². The molecule has 0 aromatic carbocycles. The van der Waals surface area contributed by atoms with E-state index in [1.54, 1.807) is 0 Å². The largest absolute Gasteiger partial charge is 0.295 e. The SMILES string of the molecule is CCC(C)C(=O)/C=C/C(C)=O. The molecule has 0 fully saturated rings. The molecule has 0 saturated heterocycles. The van der Waals surface area contributed by atoms with E-state index in [-0.39, 0.29) is 17.5 Å². The Morgan fingerprint density at radius 3 is 2.27 bits per heavy atom. The number of ketones is 2. The lowest BCUT2D eigenvalue weighted by Crippen LogP contribution is -2.06. The van der Waals surface area contributed by atoms with Gasteiger partial charge >= 0.3 is 0 Å². The van der Waals surface area contributed by atoms with Crippen LogP contribution >= 0.6 is 0 Å². The van der Waals surface area contributed by atoms with E-state index in [0.29, 0.717) is 0 Å². The molecule has 0 aromatic heterocycles. The summed E-state index contributed by atoms with van der Waals surface area (Å²) >= 11 is 0. The van der Waals surface area contributed by atoms with Gasteiger partial charge in [-0.25, -0.2) is 0 Å². The van der Waals surface area contributed by atoms with Crippen LogP contribution in [0.25, 0.3) is 0 Å². The summed E-state index contributed by atoms with van der Waals surface area (Å²) in [6.07, 6.45) is 3.49. The summed E-state index contributed by atoms with van der Waals surface area (Å²) in [4.78, 5) is 21.5. The van der Waals surface area contributed by atoms with Crippen LogP contribution in [0.15, 0.2) is 12.2 Å². The summed E-state index contributed by atoms with van der Waals surface area (Å²) in [6, 6.07) is 0. The van der Waals surface area contributed by atoms with Crippen molar-refractivity contribution >= 4 is 11.6 Å². The number of allylic oxidation sites excluding steroid dienone is 2. The molecule has 11 heavy (non-hydrogen) atoms. The fraction of sp³-hybridized carbons (Fsp3) is 0.556. The fourth-order valence-electron chi connectivity index (χ4n) is 0.565. The van der Waals surface area contributed by atoms with E-state index in [1.807, 2.05) is 13.8 Å². The standard InChI is InChI=1S/C9H14O2/c1-4-7(2)9(11)6-5-8(3)10/h5-7H,4H2,1-3H3/b6-5+. The van der Waals surface area contributed by atoms with Crippen LogP contribution < -0.4 is 0 Å². The molecule has 2 nitrogen and oxygen atoms in total. The fourth-order valence-corrected chi connectivity index (χ4v) is 0.565. The predicted octanol–water partition coefficient (Wildman–Crippen LogP) is 1.75. The monoisotopic (exact) mass is 154 g/mol. The lowest BCUT2D eigenvalue weighted by atomic mass is 10.0. The number of carbonyl (C=O) groups is 2. The van der Waals surface area contributed by atoms with Crippen molar-refractivity contribution in [2.75, 3.05) is 0 Å². The highest BCUT2D eigenvalue weighted by molar-refractivity contribution is 5.98. The summed E-state index contributed by atoms with van der Waals surface area (Å²) in [5, 5.41) is 0. The third kappa shape index (κ3) is 4.48. The van der Waals surface area contributed by atoms with Gasteiger partial charge in [-0.3, -0.25) is 9.59 Å². The van der Waals surface area contributed by atoms with Crippen molar-refractivity contribution in [1.29, 1.82) is 0 Å². The molecule has 62 valence electrons. The molecule has 0 saturated carbocycles. The van der Waals surface area contributed by atoms with E-state index < -0.39 is 0 Å². The Hall–Kier alpha value is -0.920. The van der Waals surface area contributed by atoms with Gasteiger partial charge in [0.1, 0.15) is 0 Å². The van der Waals surface area contributed by atoms with Gasteiger partial charge in [0.05, 0.1) is 0 Å². The van der Waals surface area contributed by atoms with Gasteiger partial charge in [-0.1, -0.05) is 13.8 Å². The van der Waals surface area contributed by atoms with Gasteiger partial charge in [0.25, 0.3) is 0 Å². The van der Waals surface area contributed by atoms with Crippen molar-refractivity contribution in [3.63, 3.8) is 0 Å². The van der Waals surface area contributed by atoms with Gasteiger partial charge in [-0.05, 0) is 25.5 Å². The molecule has 0 N–H and O–H groups in total. The van der Waals surface area contributed by atoms with Crippen LogP contribution in [0.1, 0.15) is 27.2 Å². The van der Waals surface area contributed by atoms with Crippen molar-refractivity contribution in [1.82, 2.24) is 0 Å². The van der Waals surface area contributed by atoms with Crippen molar-refractivity contribution in [2.24, 2.45) is 5.92 Å². The molecular weight excluding hydrogens is 140 g/mol. The molecule has 0 bridgehead atoms. The maximum atomic E-state index is 11.0. The lowest BCUT2D eigenvalue weighted by Gasteiger charge is -2.00. The molecule has 0 aliphatic carbocycles. The Kier molecular flexibility index (Phi) is 4.42. The number of hydrogen-bond donors (Lipinski definition) is 0. The second-order valence-electron chi connectivity index (χ2n) is 2.66. The van der Waals surface area contributed by atoms with E-state index in [0.717, 1.165) is 6.42 Å². The zero-order valence-corrected chi connectivity index (χ0v) is 7.26. The number of hydrogen-bond acceptors (Lipinski definition) is 2. The van der Waals surface area contributed by atoms with E-state index in [1.165, 1.54) is 19.1 Å².